The molecule has 0 amide bonds. The third-order valence-electron chi connectivity index (χ3n) is 6.20. The normalized spacial score (nSPS) is 14.7. The van der Waals surface area contributed by atoms with Crippen molar-refractivity contribution in [2.75, 3.05) is 38.2 Å². The van der Waals surface area contributed by atoms with Crippen molar-refractivity contribution in [3.05, 3.63) is 89.4 Å². The van der Waals surface area contributed by atoms with E-state index in [0.717, 1.165) is 19.6 Å². The third kappa shape index (κ3) is 5.11. The fourth-order valence-corrected chi connectivity index (χ4v) is 5.65. The van der Waals surface area contributed by atoms with Crippen LogP contribution >= 0.6 is 11.6 Å². The molecular formula is C27H26ClN3O4S. The lowest BCUT2D eigenvalue weighted by Gasteiger charge is -2.34. The van der Waals surface area contributed by atoms with E-state index in [0.29, 0.717) is 29.4 Å². The highest BCUT2D eigenvalue weighted by Gasteiger charge is 2.33. The number of oxazole rings is 1. The monoisotopic (exact) mass is 523 g/mol. The quantitative estimate of drug-likeness (QED) is 0.331. The molecule has 0 N–H and O–H groups in total. The summed E-state index contributed by atoms with van der Waals surface area (Å²) in [4.78, 5) is 8.91. The number of anilines is 1. The van der Waals surface area contributed by atoms with Gasteiger partial charge in [0, 0.05) is 43.3 Å². The van der Waals surface area contributed by atoms with Gasteiger partial charge in [0.05, 0.1) is 12.0 Å². The molecule has 7 nitrogen and oxygen atoms in total. The number of halogens is 1. The lowest BCUT2D eigenvalue weighted by molar-refractivity contribution is 0.245. The number of sulfone groups is 1. The minimum Gasteiger partial charge on any atom is -0.497 e. The molecule has 186 valence electrons. The van der Waals surface area contributed by atoms with Gasteiger partial charge in [0.15, 0.2) is 0 Å². The van der Waals surface area contributed by atoms with Gasteiger partial charge in [0.25, 0.3) is 0 Å². The summed E-state index contributed by atoms with van der Waals surface area (Å²) in [5, 5.41) is 0.370. The zero-order valence-corrected chi connectivity index (χ0v) is 21.4. The van der Waals surface area contributed by atoms with Crippen LogP contribution in [0.5, 0.6) is 5.75 Å². The smallest absolute Gasteiger partial charge is 0.236 e. The second kappa shape index (κ2) is 10.3. The summed E-state index contributed by atoms with van der Waals surface area (Å²) >= 11 is 5.99. The topological polar surface area (TPSA) is 75.9 Å². The molecule has 1 aliphatic heterocycles. The summed E-state index contributed by atoms with van der Waals surface area (Å²) in [6.45, 7) is 3.63. The third-order valence-corrected chi connectivity index (χ3v) is 8.12. The standard InChI is InChI=1S/C27H26ClN3O4S/c1-34-23-11-7-21(8-12-23)25-29-26(36(32,33)24-13-9-22(28)10-14-24)27(35-25)31-17-15-30(16-18-31)19-20-5-3-2-4-6-20/h2-14H,15-19H2,1H3. The molecule has 0 spiro atoms. The summed E-state index contributed by atoms with van der Waals surface area (Å²) in [6.07, 6.45) is 0. The van der Waals surface area contributed by atoms with Crippen molar-refractivity contribution in [3.63, 3.8) is 0 Å². The molecule has 3 aromatic carbocycles. The first-order chi connectivity index (χ1) is 17.4. The number of hydrogen-bond acceptors (Lipinski definition) is 7. The van der Waals surface area contributed by atoms with E-state index in [2.05, 4.69) is 22.0 Å². The Bertz CT molecular complexity index is 1410. The van der Waals surface area contributed by atoms with Gasteiger partial charge in [0.2, 0.25) is 26.6 Å². The van der Waals surface area contributed by atoms with Gasteiger partial charge in [-0.3, -0.25) is 4.90 Å². The first-order valence-electron chi connectivity index (χ1n) is 11.6. The van der Waals surface area contributed by atoms with Crippen LogP contribution < -0.4 is 9.64 Å². The average molecular weight is 524 g/mol. The number of rotatable bonds is 7. The Labute approximate surface area is 215 Å². The van der Waals surface area contributed by atoms with Crippen molar-refractivity contribution < 1.29 is 17.6 Å². The van der Waals surface area contributed by atoms with Crippen molar-refractivity contribution in [1.29, 1.82) is 0 Å². The summed E-state index contributed by atoms with van der Waals surface area (Å²) in [5.74, 6) is 1.19. The lowest BCUT2D eigenvalue weighted by Crippen LogP contribution is -2.46. The summed E-state index contributed by atoms with van der Waals surface area (Å²) in [5.41, 5.74) is 1.91. The maximum absolute atomic E-state index is 13.6. The van der Waals surface area contributed by atoms with Gasteiger partial charge < -0.3 is 14.1 Å². The number of piperazine rings is 1. The van der Waals surface area contributed by atoms with Crippen molar-refractivity contribution >= 4 is 27.3 Å². The van der Waals surface area contributed by atoms with Crippen LogP contribution in [0.15, 0.2) is 93.2 Å². The Morgan fingerprint density at radius 3 is 2.22 bits per heavy atom. The number of benzene rings is 3. The van der Waals surface area contributed by atoms with Gasteiger partial charge in [0.1, 0.15) is 5.75 Å². The molecule has 0 aliphatic carbocycles. The van der Waals surface area contributed by atoms with Crippen LogP contribution in [0, 0.1) is 0 Å². The molecule has 2 heterocycles. The SMILES string of the molecule is COc1ccc(-c2nc(S(=O)(=O)c3ccc(Cl)cc3)c(N3CCN(Cc4ccccc4)CC3)o2)cc1. The van der Waals surface area contributed by atoms with Crippen LogP contribution in [0.3, 0.4) is 0 Å². The summed E-state index contributed by atoms with van der Waals surface area (Å²) in [6, 6.07) is 23.6. The molecule has 0 bridgehead atoms. The molecule has 0 radical (unpaired) electrons. The molecule has 1 aromatic heterocycles. The predicted molar refractivity (Wildman–Crippen MR) is 139 cm³/mol. The number of hydrogen-bond donors (Lipinski definition) is 0. The van der Waals surface area contributed by atoms with Crippen molar-refractivity contribution in [3.8, 4) is 17.2 Å². The largest absolute Gasteiger partial charge is 0.497 e. The second-order valence-electron chi connectivity index (χ2n) is 8.56. The van der Waals surface area contributed by atoms with Gasteiger partial charge in [-0.25, -0.2) is 8.42 Å². The van der Waals surface area contributed by atoms with Crippen molar-refractivity contribution in [1.82, 2.24) is 9.88 Å². The zero-order valence-electron chi connectivity index (χ0n) is 19.8. The molecule has 36 heavy (non-hydrogen) atoms. The van der Waals surface area contributed by atoms with E-state index >= 15 is 0 Å². The maximum Gasteiger partial charge on any atom is 0.236 e. The summed E-state index contributed by atoms with van der Waals surface area (Å²) in [7, 11) is -2.35. The van der Waals surface area contributed by atoms with Crippen LogP contribution in [-0.2, 0) is 16.4 Å². The predicted octanol–water partition coefficient (Wildman–Crippen LogP) is 5.16. The van der Waals surface area contributed by atoms with Gasteiger partial charge in [-0.15, -0.1) is 0 Å². The van der Waals surface area contributed by atoms with E-state index in [-0.39, 0.29) is 21.7 Å². The number of ether oxygens (including phenoxy) is 1. The van der Waals surface area contributed by atoms with Crippen LogP contribution in [0.4, 0.5) is 5.88 Å². The lowest BCUT2D eigenvalue weighted by atomic mass is 10.2. The Balaban J connectivity index is 1.46. The van der Waals surface area contributed by atoms with Gasteiger partial charge in [-0.1, -0.05) is 41.9 Å². The molecule has 1 fully saturated rings. The first kappa shape index (κ1) is 24.4. The van der Waals surface area contributed by atoms with E-state index in [1.165, 1.54) is 17.7 Å². The first-order valence-corrected chi connectivity index (χ1v) is 13.5. The van der Waals surface area contributed by atoms with Gasteiger partial charge in [-0.2, -0.15) is 4.98 Å². The Kier molecular flexibility index (Phi) is 7.00. The molecule has 9 heteroatoms. The van der Waals surface area contributed by atoms with Crippen LogP contribution in [0.25, 0.3) is 11.5 Å². The zero-order chi connectivity index (χ0) is 25.1. The molecule has 0 saturated carbocycles. The highest BCUT2D eigenvalue weighted by Crippen LogP contribution is 2.36. The number of methoxy groups -OCH3 is 1. The molecule has 0 atom stereocenters. The van der Waals surface area contributed by atoms with Crippen molar-refractivity contribution in [2.45, 2.75) is 16.5 Å². The Hall–Kier alpha value is -3.33. The second-order valence-corrected chi connectivity index (χ2v) is 10.9. The minimum absolute atomic E-state index is 0.0906. The van der Waals surface area contributed by atoms with E-state index in [1.54, 1.807) is 43.5 Å². The van der Waals surface area contributed by atoms with E-state index in [4.69, 9.17) is 20.8 Å². The number of nitrogens with zero attached hydrogens (tertiary/aromatic N) is 3. The molecule has 1 saturated heterocycles. The summed E-state index contributed by atoms with van der Waals surface area (Å²) < 4.78 is 38.7. The molecule has 1 aliphatic rings. The van der Waals surface area contributed by atoms with Crippen LogP contribution in [0.2, 0.25) is 5.02 Å². The van der Waals surface area contributed by atoms with E-state index in [9.17, 15) is 8.42 Å². The highest BCUT2D eigenvalue weighted by molar-refractivity contribution is 7.91. The molecular weight excluding hydrogens is 498 g/mol. The Morgan fingerprint density at radius 2 is 1.58 bits per heavy atom. The van der Waals surface area contributed by atoms with E-state index < -0.39 is 9.84 Å². The van der Waals surface area contributed by atoms with Gasteiger partial charge in [-0.05, 0) is 54.1 Å². The molecule has 0 unspecified atom stereocenters. The fraction of sp³-hybridized carbons (Fsp3) is 0.222. The fourth-order valence-electron chi connectivity index (χ4n) is 4.21. The Morgan fingerprint density at radius 1 is 0.917 bits per heavy atom. The maximum atomic E-state index is 13.6. The minimum atomic E-state index is -3.94. The van der Waals surface area contributed by atoms with E-state index in [1.807, 2.05) is 23.1 Å². The van der Waals surface area contributed by atoms with Crippen LogP contribution in [-0.4, -0.2) is 51.6 Å². The van der Waals surface area contributed by atoms with Crippen molar-refractivity contribution in [2.24, 2.45) is 0 Å². The van der Waals surface area contributed by atoms with Crippen LogP contribution in [0.1, 0.15) is 5.56 Å². The average Bonchev–Trinajstić information content (AvgIpc) is 3.37. The molecule has 4 aromatic rings. The highest BCUT2D eigenvalue weighted by atomic mass is 35.5. The molecule has 5 rings (SSSR count). The number of aromatic nitrogens is 1. The van der Waals surface area contributed by atoms with Gasteiger partial charge >= 0.3 is 0 Å².